The Hall–Kier alpha value is -2.29. The lowest BCUT2D eigenvalue weighted by Crippen LogP contribution is -2.47. The number of pyridine rings is 1. The SMILES string of the molecule is CN(c1nc2cnc(-c3cc(F)c4nn(C)cc4c3)cc2s1)C1C[C@H]2CC[C@@H](C1)N2.Cl. The summed E-state index contributed by atoms with van der Waals surface area (Å²) in [5.74, 6) is -0.324. The van der Waals surface area contributed by atoms with Crippen LogP contribution in [-0.2, 0) is 7.05 Å². The van der Waals surface area contributed by atoms with E-state index in [4.69, 9.17) is 4.98 Å². The summed E-state index contributed by atoms with van der Waals surface area (Å²) in [6.07, 6.45) is 8.57. The molecule has 0 aliphatic carbocycles. The third kappa shape index (κ3) is 3.56. The molecule has 3 aromatic heterocycles. The molecule has 162 valence electrons. The Kier molecular flexibility index (Phi) is 5.11. The molecule has 6 rings (SSSR count). The first-order chi connectivity index (χ1) is 14.5. The number of nitrogens with one attached hydrogen (secondary N) is 1. The lowest BCUT2D eigenvalue weighted by Gasteiger charge is -2.35. The Morgan fingerprint density at radius 1 is 1.19 bits per heavy atom. The van der Waals surface area contributed by atoms with E-state index < -0.39 is 0 Å². The molecule has 2 bridgehead atoms. The number of fused-ring (bicyclic) bond motifs is 4. The van der Waals surface area contributed by atoms with Crippen molar-refractivity contribution in [3.63, 3.8) is 0 Å². The minimum Gasteiger partial charge on any atom is -0.348 e. The molecular weight excluding hydrogens is 435 g/mol. The van der Waals surface area contributed by atoms with Crippen molar-refractivity contribution in [3.05, 3.63) is 36.4 Å². The smallest absolute Gasteiger partial charge is 0.186 e. The van der Waals surface area contributed by atoms with Crippen LogP contribution in [0.1, 0.15) is 25.7 Å². The number of hydrogen-bond donors (Lipinski definition) is 1. The third-order valence-corrected chi connectivity index (χ3v) is 7.64. The fourth-order valence-electron chi connectivity index (χ4n) is 4.99. The molecule has 9 heteroatoms. The molecule has 2 fully saturated rings. The maximum atomic E-state index is 14.5. The standard InChI is InChI=1S/C22H23FN6S.ClH/c1-28-11-13-5-12(6-17(23)21(13)27-28)18-9-20-19(10-24-18)26-22(30-20)29(2)16-7-14-3-4-15(8-16)25-14;/h5-6,9-11,14-16,25H,3-4,7-8H2,1-2H3;1H/t14-,15+,16?;. The van der Waals surface area contributed by atoms with Crippen LogP contribution in [0.15, 0.2) is 30.6 Å². The summed E-state index contributed by atoms with van der Waals surface area (Å²) in [5.41, 5.74) is 2.79. The van der Waals surface area contributed by atoms with Gasteiger partial charge < -0.3 is 10.2 Å². The number of hydrogen-bond acceptors (Lipinski definition) is 6. The predicted molar refractivity (Wildman–Crippen MR) is 126 cm³/mol. The zero-order valence-electron chi connectivity index (χ0n) is 17.4. The van der Waals surface area contributed by atoms with Crippen LogP contribution in [0.2, 0.25) is 0 Å². The Morgan fingerprint density at radius 3 is 2.74 bits per heavy atom. The number of rotatable bonds is 3. The van der Waals surface area contributed by atoms with Gasteiger partial charge in [0.2, 0.25) is 0 Å². The second kappa shape index (κ2) is 7.69. The Labute approximate surface area is 189 Å². The quantitative estimate of drug-likeness (QED) is 0.489. The van der Waals surface area contributed by atoms with Crippen molar-refractivity contribution in [1.82, 2.24) is 25.1 Å². The van der Waals surface area contributed by atoms with Crippen molar-refractivity contribution in [2.24, 2.45) is 7.05 Å². The van der Waals surface area contributed by atoms with E-state index in [2.05, 4.69) is 27.3 Å². The Bertz CT molecular complexity index is 1260. The number of piperidine rings is 1. The highest BCUT2D eigenvalue weighted by Crippen LogP contribution is 2.36. The highest BCUT2D eigenvalue weighted by atomic mass is 35.5. The number of benzene rings is 1. The largest absolute Gasteiger partial charge is 0.348 e. The summed E-state index contributed by atoms with van der Waals surface area (Å²) < 4.78 is 17.2. The summed E-state index contributed by atoms with van der Waals surface area (Å²) in [5, 5.41) is 9.70. The molecule has 0 spiro atoms. The van der Waals surface area contributed by atoms with E-state index in [1.165, 1.54) is 31.7 Å². The molecule has 6 nitrogen and oxygen atoms in total. The predicted octanol–water partition coefficient (Wildman–Crippen LogP) is 4.53. The molecule has 4 aromatic rings. The van der Waals surface area contributed by atoms with Crippen LogP contribution in [0.25, 0.3) is 32.4 Å². The molecule has 0 radical (unpaired) electrons. The summed E-state index contributed by atoms with van der Waals surface area (Å²) in [4.78, 5) is 11.8. The van der Waals surface area contributed by atoms with Crippen molar-refractivity contribution in [2.45, 2.75) is 43.8 Å². The summed E-state index contributed by atoms with van der Waals surface area (Å²) in [6, 6.07) is 7.31. The molecule has 1 aromatic carbocycles. The van der Waals surface area contributed by atoms with Gasteiger partial charge in [-0.3, -0.25) is 9.67 Å². The summed E-state index contributed by atoms with van der Waals surface area (Å²) >= 11 is 1.69. The highest BCUT2D eigenvalue weighted by molar-refractivity contribution is 7.22. The number of aromatic nitrogens is 4. The molecule has 2 aliphatic rings. The van der Waals surface area contributed by atoms with E-state index in [-0.39, 0.29) is 18.2 Å². The molecule has 2 saturated heterocycles. The van der Waals surface area contributed by atoms with Crippen LogP contribution in [-0.4, -0.2) is 44.9 Å². The number of aryl methyl sites for hydroxylation is 1. The van der Waals surface area contributed by atoms with Crippen LogP contribution < -0.4 is 10.2 Å². The first-order valence-corrected chi connectivity index (χ1v) is 11.2. The van der Waals surface area contributed by atoms with Crippen LogP contribution in [0.4, 0.5) is 9.52 Å². The van der Waals surface area contributed by atoms with Gasteiger partial charge in [0.05, 0.1) is 16.6 Å². The van der Waals surface area contributed by atoms with Crippen molar-refractivity contribution in [2.75, 3.05) is 11.9 Å². The van der Waals surface area contributed by atoms with Crippen LogP contribution >= 0.6 is 23.7 Å². The first-order valence-electron chi connectivity index (χ1n) is 10.4. The lowest BCUT2D eigenvalue weighted by atomic mass is 9.99. The minimum atomic E-state index is -0.324. The van der Waals surface area contributed by atoms with Gasteiger partial charge in [0.15, 0.2) is 10.9 Å². The van der Waals surface area contributed by atoms with Crippen molar-refractivity contribution >= 4 is 50.0 Å². The monoisotopic (exact) mass is 458 g/mol. The molecule has 5 heterocycles. The zero-order chi connectivity index (χ0) is 20.4. The van der Waals surface area contributed by atoms with Gasteiger partial charge in [-0.1, -0.05) is 11.3 Å². The van der Waals surface area contributed by atoms with Gasteiger partial charge in [-0.15, -0.1) is 12.4 Å². The summed E-state index contributed by atoms with van der Waals surface area (Å²) in [7, 11) is 3.96. The van der Waals surface area contributed by atoms with Gasteiger partial charge in [-0.05, 0) is 43.9 Å². The maximum absolute atomic E-state index is 14.5. The van der Waals surface area contributed by atoms with Crippen molar-refractivity contribution in [3.8, 4) is 11.3 Å². The maximum Gasteiger partial charge on any atom is 0.186 e. The number of halogens is 2. The fraction of sp³-hybridized carbons (Fsp3) is 0.409. The normalized spacial score (nSPS) is 22.7. The fourth-order valence-corrected chi connectivity index (χ4v) is 6.00. The topological polar surface area (TPSA) is 58.9 Å². The second-order valence-corrected chi connectivity index (χ2v) is 9.62. The van der Waals surface area contributed by atoms with Gasteiger partial charge in [-0.2, -0.15) is 5.10 Å². The van der Waals surface area contributed by atoms with E-state index in [1.807, 2.05) is 18.3 Å². The van der Waals surface area contributed by atoms with Gasteiger partial charge >= 0.3 is 0 Å². The average Bonchev–Trinajstić information content (AvgIpc) is 3.42. The molecular formula is C22H24ClFN6S. The molecule has 2 aliphatic heterocycles. The van der Waals surface area contributed by atoms with Crippen LogP contribution in [0, 0.1) is 5.82 Å². The molecule has 0 saturated carbocycles. The minimum absolute atomic E-state index is 0. The molecule has 3 atom stereocenters. The Balaban J connectivity index is 0.00000204. The van der Waals surface area contributed by atoms with Crippen LogP contribution in [0.3, 0.4) is 0 Å². The number of thiazole rings is 1. The first kappa shape index (κ1) is 20.6. The molecule has 1 unspecified atom stereocenters. The highest BCUT2D eigenvalue weighted by Gasteiger charge is 2.35. The van der Waals surface area contributed by atoms with Crippen molar-refractivity contribution in [1.29, 1.82) is 0 Å². The van der Waals surface area contributed by atoms with Gasteiger partial charge in [0, 0.05) is 49.4 Å². The van der Waals surface area contributed by atoms with E-state index in [0.717, 1.165) is 32.0 Å². The van der Waals surface area contributed by atoms with E-state index in [0.29, 0.717) is 23.6 Å². The zero-order valence-corrected chi connectivity index (χ0v) is 19.0. The molecule has 1 N–H and O–H groups in total. The average molecular weight is 459 g/mol. The Morgan fingerprint density at radius 2 is 1.97 bits per heavy atom. The van der Waals surface area contributed by atoms with Gasteiger partial charge in [0.1, 0.15) is 11.0 Å². The van der Waals surface area contributed by atoms with Crippen LogP contribution in [0.5, 0.6) is 0 Å². The van der Waals surface area contributed by atoms with Gasteiger partial charge in [-0.25, -0.2) is 9.37 Å². The summed E-state index contributed by atoms with van der Waals surface area (Å²) in [6.45, 7) is 0. The van der Waals surface area contributed by atoms with Gasteiger partial charge in [0.25, 0.3) is 0 Å². The number of nitrogens with zero attached hydrogens (tertiary/aromatic N) is 5. The van der Waals surface area contributed by atoms with E-state index >= 15 is 0 Å². The molecule has 0 amide bonds. The second-order valence-electron chi connectivity index (χ2n) is 8.61. The van der Waals surface area contributed by atoms with Crippen molar-refractivity contribution < 1.29 is 4.39 Å². The lowest BCUT2D eigenvalue weighted by molar-refractivity contribution is 0.354. The third-order valence-electron chi connectivity index (χ3n) is 6.53. The number of anilines is 1. The van der Waals surface area contributed by atoms with E-state index in [1.54, 1.807) is 29.3 Å². The molecule has 31 heavy (non-hydrogen) atoms. The van der Waals surface area contributed by atoms with E-state index in [9.17, 15) is 4.39 Å².